The van der Waals surface area contributed by atoms with Crippen molar-refractivity contribution in [3.63, 3.8) is 0 Å². The minimum Gasteiger partial charge on any atom is -0.392 e. The molecule has 0 saturated carbocycles. The molecule has 0 aliphatic heterocycles. The molecule has 1 aromatic carbocycles. The average Bonchev–Trinajstić information content (AvgIpc) is 2.39. The third-order valence-corrected chi connectivity index (χ3v) is 3.85. The summed E-state index contributed by atoms with van der Waals surface area (Å²) >= 11 is 4.99. The number of hydrogen-bond donors (Lipinski definition) is 1. The highest BCUT2D eigenvalue weighted by molar-refractivity contribution is 7.80. The fourth-order valence-electron chi connectivity index (χ4n) is 1.79. The van der Waals surface area contributed by atoms with Gasteiger partial charge in [0.1, 0.15) is 5.82 Å². The first-order chi connectivity index (χ1) is 8.81. The summed E-state index contributed by atoms with van der Waals surface area (Å²) in [6, 6.07) is 6.06. The highest BCUT2D eigenvalue weighted by Crippen LogP contribution is 2.25. The molecule has 0 heterocycles. The summed E-state index contributed by atoms with van der Waals surface area (Å²) in [6.45, 7) is 4.03. The van der Waals surface area contributed by atoms with Crippen LogP contribution in [0, 0.1) is 11.2 Å². The van der Waals surface area contributed by atoms with Gasteiger partial charge in [0.15, 0.2) is 0 Å². The second-order valence-electron chi connectivity index (χ2n) is 4.84. The molecule has 104 valence electrons. The fourth-order valence-corrected chi connectivity index (χ4v) is 2.02. The summed E-state index contributed by atoms with van der Waals surface area (Å²) in [6.07, 6.45) is 0.551. The van der Waals surface area contributed by atoms with Gasteiger partial charge in [-0.15, -0.1) is 0 Å². The molecule has 0 spiro atoms. The van der Waals surface area contributed by atoms with Crippen LogP contribution in [0.3, 0.4) is 0 Å². The lowest BCUT2D eigenvalue weighted by molar-refractivity contribution is -0.136. The van der Waals surface area contributed by atoms with Crippen molar-refractivity contribution in [3.8, 4) is 0 Å². The van der Waals surface area contributed by atoms with Crippen LogP contribution >= 0.6 is 12.2 Å². The van der Waals surface area contributed by atoms with Crippen molar-refractivity contribution in [1.29, 1.82) is 0 Å². The van der Waals surface area contributed by atoms with Gasteiger partial charge < -0.3 is 10.6 Å². The van der Waals surface area contributed by atoms with E-state index in [9.17, 15) is 9.18 Å². The van der Waals surface area contributed by atoms with E-state index in [2.05, 4.69) is 0 Å². The van der Waals surface area contributed by atoms with Crippen LogP contribution < -0.4 is 5.73 Å². The molecule has 0 saturated heterocycles. The molecule has 5 heteroatoms. The van der Waals surface area contributed by atoms with Crippen LogP contribution in [0.1, 0.15) is 25.8 Å². The van der Waals surface area contributed by atoms with Crippen molar-refractivity contribution >= 4 is 23.1 Å². The minimum absolute atomic E-state index is 0.119. The van der Waals surface area contributed by atoms with Crippen LogP contribution in [-0.4, -0.2) is 22.8 Å². The van der Waals surface area contributed by atoms with Gasteiger partial charge in [-0.05, 0) is 31.0 Å². The summed E-state index contributed by atoms with van der Waals surface area (Å²) in [5.41, 5.74) is 5.70. The standard InChI is InChI=1S/C14H19FN2OS/c1-4-14(2,12(16)19)13(18)17(3)9-10-5-7-11(15)8-6-10/h5-8H,4,9H2,1-3H3,(H2,16,19). The molecule has 1 atom stereocenters. The number of rotatable bonds is 5. The molecule has 0 aliphatic rings. The quantitative estimate of drug-likeness (QED) is 0.844. The van der Waals surface area contributed by atoms with E-state index in [-0.39, 0.29) is 16.7 Å². The Labute approximate surface area is 118 Å². The first-order valence-electron chi connectivity index (χ1n) is 6.11. The van der Waals surface area contributed by atoms with Gasteiger partial charge in [0.25, 0.3) is 0 Å². The van der Waals surface area contributed by atoms with E-state index < -0.39 is 5.41 Å². The molecule has 19 heavy (non-hydrogen) atoms. The third-order valence-electron chi connectivity index (χ3n) is 3.40. The second-order valence-corrected chi connectivity index (χ2v) is 5.28. The van der Waals surface area contributed by atoms with Crippen molar-refractivity contribution in [3.05, 3.63) is 35.6 Å². The molecule has 1 amide bonds. The van der Waals surface area contributed by atoms with Crippen LogP contribution in [0.25, 0.3) is 0 Å². The Morgan fingerprint density at radius 2 is 1.95 bits per heavy atom. The van der Waals surface area contributed by atoms with Crippen molar-refractivity contribution in [2.24, 2.45) is 11.1 Å². The van der Waals surface area contributed by atoms with Gasteiger partial charge in [0, 0.05) is 13.6 Å². The Kier molecular flexibility index (Phi) is 5.00. The van der Waals surface area contributed by atoms with Gasteiger partial charge in [-0.1, -0.05) is 31.3 Å². The smallest absolute Gasteiger partial charge is 0.235 e. The Bertz CT molecular complexity index is 475. The van der Waals surface area contributed by atoms with Crippen molar-refractivity contribution in [1.82, 2.24) is 4.90 Å². The second kappa shape index (κ2) is 6.10. The lowest BCUT2D eigenvalue weighted by atomic mass is 9.86. The van der Waals surface area contributed by atoms with Gasteiger partial charge in [0.2, 0.25) is 5.91 Å². The summed E-state index contributed by atoms with van der Waals surface area (Å²) < 4.78 is 12.8. The summed E-state index contributed by atoms with van der Waals surface area (Å²) in [5, 5.41) is 0. The Hall–Kier alpha value is -1.49. The number of thiocarbonyl (C=S) groups is 1. The molecule has 0 bridgehead atoms. The van der Waals surface area contributed by atoms with E-state index in [1.54, 1.807) is 31.0 Å². The third kappa shape index (κ3) is 3.50. The predicted octanol–water partition coefficient (Wildman–Crippen LogP) is 2.49. The summed E-state index contributed by atoms with van der Waals surface area (Å²) in [4.78, 5) is 14.2. The first kappa shape index (κ1) is 15.6. The number of carbonyl (C=O) groups is 1. The number of nitrogens with zero attached hydrogens (tertiary/aromatic N) is 1. The lowest BCUT2D eigenvalue weighted by Crippen LogP contribution is -2.47. The molecule has 1 unspecified atom stereocenters. The first-order valence-corrected chi connectivity index (χ1v) is 6.52. The maximum atomic E-state index is 12.8. The fraction of sp³-hybridized carbons (Fsp3) is 0.429. The zero-order valence-electron chi connectivity index (χ0n) is 11.4. The number of hydrogen-bond acceptors (Lipinski definition) is 2. The number of halogens is 1. The monoisotopic (exact) mass is 282 g/mol. The SMILES string of the molecule is CCC(C)(C(=O)N(C)Cc1ccc(F)cc1)C(N)=S. The number of carbonyl (C=O) groups excluding carboxylic acids is 1. The zero-order chi connectivity index (χ0) is 14.6. The normalized spacial score (nSPS) is 13.7. The van der Waals surface area contributed by atoms with Crippen molar-refractivity contribution in [2.45, 2.75) is 26.8 Å². The topological polar surface area (TPSA) is 46.3 Å². The van der Waals surface area contributed by atoms with Crippen LogP contribution in [0.2, 0.25) is 0 Å². The largest absolute Gasteiger partial charge is 0.392 e. The van der Waals surface area contributed by atoms with Crippen LogP contribution in [0.4, 0.5) is 4.39 Å². The number of amides is 1. The molecule has 0 aromatic heterocycles. The summed E-state index contributed by atoms with van der Waals surface area (Å²) in [7, 11) is 1.69. The molecule has 0 radical (unpaired) electrons. The van der Waals surface area contributed by atoms with E-state index in [0.29, 0.717) is 13.0 Å². The molecular formula is C14H19FN2OS. The molecular weight excluding hydrogens is 263 g/mol. The minimum atomic E-state index is -0.829. The highest BCUT2D eigenvalue weighted by Gasteiger charge is 2.36. The Morgan fingerprint density at radius 3 is 2.37 bits per heavy atom. The van der Waals surface area contributed by atoms with Crippen LogP contribution in [0.5, 0.6) is 0 Å². The highest BCUT2D eigenvalue weighted by atomic mass is 32.1. The maximum absolute atomic E-state index is 12.8. The number of benzene rings is 1. The molecule has 0 aliphatic carbocycles. The summed E-state index contributed by atoms with van der Waals surface area (Å²) in [5.74, 6) is -0.411. The average molecular weight is 282 g/mol. The molecule has 1 rings (SSSR count). The maximum Gasteiger partial charge on any atom is 0.235 e. The van der Waals surface area contributed by atoms with Gasteiger partial charge >= 0.3 is 0 Å². The zero-order valence-corrected chi connectivity index (χ0v) is 12.3. The van der Waals surface area contributed by atoms with E-state index in [4.69, 9.17) is 18.0 Å². The molecule has 3 nitrogen and oxygen atoms in total. The lowest BCUT2D eigenvalue weighted by Gasteiger charge is -2.31. The van der Waals surface area contributed by atoms with E-state index in [0.717, 1.165) is 5.56 Å². The molecule has 1 aromatic rings. The van der Waals surface area contributed by atoms with E-state index >= 15 is 0 Å². The Balaban J connectivity index is 2.83. The number of nitrogens with two attached hydrogens (primary N) is 1. The van der Waals surface area contributed by atoms with Crippen molar-refractivity contribution < 1.29 is 9.18 Å². The van der Waals surface area contributed by atoms with Crippen LogP contribution in [0.15, 0.2) is 24.3 Å². The molecule has 2 N–H and O–H groups in total. The van der Waals surface area contributed by atoms with Gasteiger partial charge in [-0.25, -0.2) is 4.39 Å². The Morgan fingerprint density at radius 1 is 1.42 bits per heavy atom. The van der Waals surface area contributed by atoms with Crippen molar-refractivity contribution in [2.75, 3.05) is 7.05 Å². The van der Waals surface area contributed by atoms with Gasteiger partial charge in [-0.3, -0.25) is 4.79 Å². The predicted molar refractivity (Wildman–Crippen MR) is 78.1 cm³/mol. The molecule has 0 fully saturated rings. The van der Waals surface area contributed by atoms with E-state index in [1.165, 1.54) is 12.1 Å². The van der Waals surface area contributed by atoms with E-state index in [1.807, 2.05) is 6.92 Å². The van der Waals surface area contributed by atoms with Gasteiger partial charge in [-0.2, -0.15) is 0 Å². The van der Waals surface area contributed by atoms with Gasteiger partial charge in [0.05, 0.1) is 10.4 Å². The van der Waals surface area contributed by atoms with Crippen LogP contribution in [-0.2, 0) is 11.3 Å².